The van der Waals surface area contributed by atoms with Crippen molar-refractivity contribution < 1.29 is 4.79 Å². The van der Waals surface area contributed by atoms with Crippen LogP contribution in [0.15, 0.2) is 48.9 Å². The largest absolute Gasteiger partial charge is 0.332 e. The number of benzene rings is 1. The number of hydrogen-bond donors (Lipinski definition) is 1. The lowest BCUT2D eigenvalue weighted by atomic mass is 9.91. The number of rotatable bonds is 4. The smallest absolute Gasteiger partial charge is 0.254 e. The molecule has 2 aromatic heterocycles. The van der Waals surface area contributed by atoms with E-state index in [9.17, 15) is 4.79 Å². The minimum absolute atomic E-state index is 0.161. The molecule has 0 bridgehead atoms. The van der Waals surface area contributed by atoms with E-state index >= 15 is 0 Å². The highest BCUT2D eigenvalue weighted by molar-refractivity contribution is 5.95. The quantitative estimate of drug-likeness (QED) is 0.754. The molecule has 2 aliphatic carbocycles. The lowest BCUT2D eigenvalue weighted by molar-refractivity contribution is 0.0643. The van der Waals surface area contributed by atoms with Crippen LogP contribution in [0.2, 0.25) is 0 Å². The van der Waals surface area contributed by atoms with E-state index in [0.29, 0.717) is 6.04 Å². The maximum Gasteiger partial charge on any atom is 0.254 e. The first-order valence-electron chi connectivity index (χ1n) is 10.1. The number of nitrogens with zero attached hydrogens (tertiary/aromatic N) is 3. The highest BCUT2D eigenvalue weighted by atomic mass is 16.2. The lowest BCUT2D eigenvalue weighted by Crippen LogP contribution is -2.44. The van der Waals surface area contributed by atoms with E-state index in [2.05, 4.69) is 27.0 Å². The fourth-order valence-corrected chi connectivity index (χ4v) is 4.32. The first kappa shape index (κ1) is 17.2. The molecule has 142 valence electrons. The van der Waals surface area contributed by atoms with Gasteiger partial charge in [-0.1, -0.05) is 12.1 Å². The highest BCUT2D eigenvalue weighted by Crippen LogP contribution is 2.35. The Morgan fingerprint density at radius 1 is 1.07 bits per heavy atom. The van der Waals surface area contributed by atoms with Gasteiger partial charge in [-0.15, -0.1) is 0 Å². The summed E-state index contributed by atoms with van der Waals surface area (Å²) in [5, 5.41) is 7.26. The molecular weight excluding hydrogens is 348 g/mol. The van der Waals surface area contributed by atoms with Crippen LogP contribution in [0.25, 0.3) is 11.1 Å². The van der Waals surface area contributed by atoms with Crippen molar-refractivity contribution in [3.63, 3.8) is 0 Å². The second kappa shape index (κ2) is 6.89. The van der Waals surface area contributed by atoms with Gasteiger partial charge in [0.15, 0.2) is 0 Å². The number of pyridine rings is 1. The Balaban J connectivity index is 1.39. The van der Waals surface area contributed by atoms with Crippen LogP contribution in [-0.4, -0.2) is 38.1 Å². The molecule has 0 spiro atoms. The third kappa shape index (κ3) is 3.11. The topological polar surface area (TPSA) is 61.9 Å². The van der Waals surface area contributed by atoms with Crippen LogP contribution in [0.1, 0.15) is 46.4 Å². The Labute approximate surface area is 164 Å². The van der Waals surface area contributed by atoms with Gasteiger partial charge in [-0.05, 0) is 73.9 Å². The van der Waals surface area contributed by atoms with Crippen molar-refractivity contribution in [1.29, 1.82) is 0 Å². The zero-order valence-corrected chi connectivity index (χ0v) is 16.1. The van der Waals surface area contributed by atoms with Crippen LogP contribution in [0.5, 0.6) is 0 Å². The van der Waals surface area contributed by atoms with Crippen LogP contribution < -0.4 is 0 Å². The summed E-state index contributed by atoms with van der Waals surface area (Å²) in [5.41, 5.74) is 6.66. The van der Waals surface area contributed by atoms with Crippen LogP contribution >= 0.6 is 0 Å². The van der Waals surface area contributed by atoms with E-state index in [-0.39, 0.29) is 11.9 Å². The number of fused-ring (bicyclic) bond motifs is 1. The van der Waals surface area contributed by atoms with Crippen LogP contribution in [0, 0.1) is 6.92 Å². The van der Waals surface area contributed by atoms with E-state index < -0.39 is 0 Å². The van der Waals surface area contributed by atoms with E-state index in [0.717, 1.165) is 48.8 Å². The van der Waals surface area contributed by atoms with E-state index in [4.69, 9.17) is 0 Å². The first-order valence-corrected chi connectivity index (χ1v) is 10.1. The molecule has 0 saturated heterocycles. The summed E-state index contributed by atoms with van der Waals surface area (Å²) in [6.45, 7) is 2.08. The van der Waals surface area contributed by atoms with Gasteiger partial charge < -0.3 is 4.90 Å². The van der Waals surface area contributed by atoms with Crippen molar-refractivity contribution in [2.75, 3.05) is 0 Å². The van der Waals surface area contributed by atoms with Gasteiger partial charge in [-0.25, -0.2) is 0 Å². The fourth-order valence-electron chi connectivity index (χ4n) is 4.32. The molecule has 5 rings (SSSR count). The summed E-state index contributed by atoms with van der Waals surface area (Å²) in [5.74, 6) is 0.161. The van der Waals surface area contributed by atoms with Crippen LogP contribution in [0.3, 0.4) is 0 Å². The average molecular weight is 372 g/mol. The molecule has 5 heteroatoms. The molecule has 5 nitrogen and oxygen atoms in total. The number of carbonyl (C=O) groups is 1. The second-order valence-corrected chi connectivity index (χ2v) is 7.98. The third-order valence-electron chi connectivity index (χ3n) is 6.04. The molecule has 0 aliphatic heterocycles. The summed E-state index contributed by atoms with van der Waals surface area (Å²) in [4.78, 5) is 19.8. The molecule has 2 aliphatic rings. The van der Waals surface area contributed by atoms with E-state index in [1.165, 1.54) is 16.8 Å². The van der Waals surface area contributed by atoms with Crippen molar-refractivity contribution in [3.05, 3.63) is 71.3 Å². The number of aryl methyl sites for hydroxylation is 2. The Morgan fingerprint density at radius 2 is 1.89 bits per heavy atom. The molecule has 28 heavy (non-hydrogen) atoms. The van der Waals surface area contributed by atoms with Crippen molar-refractivity contribution in [2.45, 2.75) is 51.1 Å². The van der Waals surface area contributed by atoms with Gasteiger partial charge in [0.1, 0.15) is 0 Å². The van der Waals surface area contributed by atoms with Gasteiger partial charge in [0, 0.05) is 41.3 Å². The minimum atomic E-state index is 0.161. The summed E-state index contributed by atoms with van der Waals surface area (Å²) in [7, 11) is 0. The number of H-pyrrole nitrogens is 1. The van der Waals surface area contributed by atoms with E-state index in [1.807, 2.05) is 42.7 Å². The van der Waals surface area contributed by atoms with Crippen LogP contribution in [0.4, 0.5) is 0 Å². The molecular formula is C23H24N4O. The maximum atomic E-state index is 13.4. The number of hydrogen-bond acceptors (Lipinski definition) is 3. The van der Waals surface area contributed by atoms with Gasteiger partial charge in [-0.2, -0.15) is 5.10 Å². The Bertz CT molecular complexity index is 1000. The van der Waals surface area contributed by atoms with Gasteiger partial charge >= 0.3 is 0 Å². The Hall–Kier alpha value is -2.95. The van der Waals surface area contributed by atoms with Gasteiger partial charge in [0.25, 0.3) is 5.91 Å². The van der Waals surface area contributed by atoms with Crippen molar-refractivity contribution in [3.8, 4) is 11.1 Å². The van der Waals surface area contributed by atoms with Gasteiger partial charge in [-0.3, -0.25) is 14.9 Å². The monoisotopic (exact) mass is 372 g/mol. The SMILES string of the molecule is Cc1ccncc1-c1ccc(C(=O)N(C2CC2)C2CCc3[nH]ncc3C2)cc1. The zero-order valence-electron chi connectivity index (χ0n) is 16.1. The first-order chi connectivity index (χ1) is 13.7. The number of nitrogens with one attached hydrogen (secondary N) is 1. The standard InChI is InChI=1S/C23H24N4O/c1-15-10-11-24-14-21(15)16-2-4-17(5-3-16)23(28)27(19-6-7-19)20-8-9-22-18(12-20)13-25-26-22/h2-5,10-11,13-14,19-20H,6-9,12H2,1H3,(H,25,26). The molecule has 1 atom stereocenters. The number of aromatic amines is 1. The lowest BCUT2D eigenvalue weighted by Gasteiger charge is -2.34. The zero-order chi connectivity index (χ0) is 19.1. The molecule has 1 fully saturated rings. The summed E-state index contributed by atoms with van der Waals surface area (Å²) in [6, 6.07) is 10.7. The maximum absolute atomic E-state index is 13.4. The Kier molecular flexibility index (Phi) is 4.23. The number of amides is 1. The highest BCUT2D eigenvalue weighted by Gasteiger charge is 2.39. The minimum Gasteiger partial charge on any atom is -0.332 e. The predicted octanol–water partition coefficient (Wildman–Crippen LogP) is 3.94. The van der Waals surface area contributed by atoms with Gasteiger partial charge in [0.05, 0.1) is 6.20 Å². The van der Waals surface area contributed by atoms with Gasteiger partial charge in [0.2, 0.25) is 0 Å². The normalized spacial score (nSPS) is 18.5. The molecule has 1 amide bonds. The fraction of sp³-hybridized carbons (Fsp3) is 0.348. The molecule has 3 aromatic rings. The van der Waals surface area contributed by atoms with E-state index in [1.54, 1.807) is 6.20 Å². The summed E-state index contributed by atoms with van der Waals surface area (Å²) < 4.78 is 0. The summed E-state index contributed by atoms with van der Waals surface area (Å²) in [6.07, 6.45) is 10.7. The third-order valence-corrected chi connectivity index (χ3v) is 6.04. The molecule has 2 heterocycles. The predicted molar refractivity (Wildman–Crippen MR) is 108 cm³/mol. The molecule has 0 radical (unpaired) electrons. The van der Waals surface area contributed by atoms with Crippen molar-refractivity contribution in [2.24, 2.45) is 0 Å². The average Bonchev–Trinajstić information content (AvgIpc) is 3.44. The molecule has 1 aromatic carbocycles. The van der Waals surface area contributed by atoms with Crippen molar-refractivity contribution >= 4 is 5.91 Å². The van der Waals surface area contributed by atoms with Crippen LogP contribution in [-0.2, 0) is 12.8 Å². The molecule has 1 saturated carbocycles. The van der Waals surface area contributed by atoms with Crippen molar-refractivity contribution in [1.82, 2.24) is 20.1 Å². The molecule has 1 unspecified atom stereocenters. The molecule has 1 N–H and O–H groups in total. The summed E-state index contributed by atoms with van der Waals surface area (Å²) >= 11 is 0. The number of carbonyl (C=O) groups excluding carboxylic acids is 1. The Morgan fingerprint density at radius 3 is 2.64 bits per heavy atom. The second-order valence-electron chi connectivity index (χ2n) is 7.98. The number of aromatic nitrogens is 3.